The lowest BCUT2D eigenvalue weighted by Crippen LogP contribution is -2.22. The van der Waals surface area contributed by atoms with Crippen LogP contribution in [0.2, 0.25) is 0 Å². The van der Waals surface area contributed by atoms with Gasteiger partial charge in [-0.25, -0.2) is 0 Å². The van der Waals surface area contributed by atoms with Gasteiger partial charge in [-0.1, -0.05) is 36.4 Å². The Hall–Kier alpha value is -3.05. The zero-order chi connectivity index (χ0) is 16.1. The molecule has 0 radical (unpaired) electrons. The topological polar surface area (TPSA) is 27.0 Å². The number of nitriles is 1. The zero-order valence-corrected chi connectivity index (χ0v) is 13.2. The first-order chi connectivity index (χ1) is 11.8. The highest BCUT2D eigenvalue weighted by molar-refractivity contribution is 5.79. The number of hydrogen-bond donors (Lipinski definition) is 0. The minimum absolute atomic E-state index is 0.564. The standard InChI is InChI=1S/C22H16N2/c23-14-15-5-7-16(8-6-15)17-9-10-22-19(11-17)13-20-12-18-3-1-2-4-21(18)24(20)22/h1-11,20H,12-13H2. The van der Waals surface area contributed by atoms with Crippen LogP contribution < -0.4 is 4.90 Å². The van der Waals surface area contributed by atoms with E-state index in [1.165, 1.54) is 33.6 Å². The van der Waals surface area contributed by atoms with Crippen LogP contribution in [0.3, 0.4) is 0 Å². The van der Waals surface area contributed by atoms with Crippen molar-refractivity contribution in [2.24, 2.45) is 0 Å². The number of anilines is 2. The molecule has 0 bridgehead atoms. The summed E-state index contributed by atoms with van der Waals surface area (Å²) in [6.07, 6.45) is 2.24. The number of hydrogen-bond acceptors (Lipinski definition) is 2. The first-order valence-electron chi connectivity index (χ1n) is 8.34. The Balaban J connectivity index is 1.55. The van der Waals surface area contributed by atoms with Gasteiger partial charge >= 0.3 is 0 Å². The third-order valence-corrected chi connectivity index (χ3v) is 5.21. The van der Waals surface area contributed by atoms with Crippen molar-refractivity contribution < 1.29 is 0 Å². The van der Waals surface area contributed by atoms with Crippen LogP contribution in [-0.4, -0.2) is 6.04 Å². The van der Waals surface area contributed by atoms with Gasteiger partial charge in [0.1, 0.15) is 0 Å². The molecule has 2 aliphatic heterocycles. The maximum absolute atomic E-state index is 8.94. The van der Waals surface area contributed by atoms with Crippen LogP contribution in [0.5, 0.6) is 0 Å². The average Bonchev–Trinajstić information content (AvgIpc) is 3.16. The van der Waals surface area contributed by atoms with Gasteiger partial charge in [-0.05, 0) is 65.4 Å². The number of benzene rings is 3. The molecule has 2 nitrogen and oxygen atoms in total. The van der Waals surface area contributed by atoms with Gasteiger partial charge in [0.2, 0.25) is 0 Å². The highest BCUT2D eigenvalue weighted by atomic mass is 15.2. The fourth-order valence-electron chi connectivity index (χ4n) is 4.10. The highest BCUT2D eigenvalue weighted by Crippen LogP contribution is 2.46. The molecule has 0 amide bonds. The van der Waals surface area contributed by atoms with Gasteiger partial charge in [-0.15, -0.1) is 0 Å². The van der Waals surface area contributed by atoms with E-state index in [4.69, 9.17) is 5.26 Å². The molecule has 2 heterocycles. The molecule has 0 saturated heterocycles. The minimum Gasteiger partial charge on any atom is -0.337 e. The molecule has 0 aliphatic carbocycles. The Labute approximate surface area is 141 Å². The van der Waals surface area contributed by atoms with E-state index in [0.717, 1.165) is 12.8 Å². The Morgan fingerprint density at radius 2 is 1.50 bits per heavy atom. The highest BCUT2D eigenvalue weighted by Gasteiger charge is 2.36. The summed E-state index contributed by atoms with van der Waals surface area (Å²) in [5, 5.41) is 8.94. The van der Waals surface area contributed by atoms with Crippen molar-refractivity contribution in [2.45, 2.75) is 18.9 Å². The van der Waals surface area contributed by atoms with Gasteiger partial charge in [-0.2, -0.15) is 5.26 Å². The average molecular weight is 308 g/mol. The van der Waals surface area contributed by atoms with Gasteiger partial charge in [0.25, 0.3) is 0 Å². The molecule has 0 saturated carbocycles. The minimum atomic E-state index is 0.564. The lowest BCUT2D eigenvalue weighted by atomic mass is 9.98. The van der Waals surface area contributed by atoms with Crippen LogP contribution in [0.25, 0.3) is 11.1 Å². The predicted octanol–water partition coefficient (Wildman–Crippen LogP) is 4.84. The van der Waals surface area contributed by atoms with Crippen molar-refractivity contribution in [2.75, 3.05) is 4.90 Å². The van der Waals surface area contributed by atoms with E-state index in [-0.39, 0.29) is 0 Å². The monoisotopic (exact) mass is 308 g/mol. The molecule has 1 unspecified atom stereocenters. The molecule has 1 atom stereocenters. The summed E-state index contributed by atoms with van der Waals surface area (Å²) in [6.45, 7) is 0. The van der Waals surface area contributed by atoms with Crippen molar-refractivity contribution in [3.8, 4) is 17.2 Å². The van der Waals surface area contributed by atoms with E-state index in [9.17, 15) is 0 Å². The molecule has 0 aromatic heterocycles. The van der Waals surface area contributed by atoms with E-state index in [2.05, 4.69) is 53.4 Å². The third-order valence-electron chi connectivity index (χ3n) is 5.21. The van der Waals surface area contributed by atoms with Gasteiger partial charge in [0, 0.05) is 17.4 Å². The van der Waals surface area contributed by atoms with E-state index < -0.39 is 0 Å². The van der Waals surface area contributed by atoms with Crippen LogP contribution in [-0.2, 0) is 12.8 Å². The van der Waals surface area contributed by atoms with Crippen LogP contribution in [0.4, 0.5) is 11.4 Å². The molecule has 3 aromatic carbocycles. The van der Waals surface area contributed by atoms with Crippen molar-refractivity contribution in [3.63, 3.8) is 0 Å². The maximum Gasteiger partial charge on any atom is 0.0991 e. The molecule has 114 valence electrons. The summed E-state index contributed by atoms with van der Waals surface area (Å²) >= 11 is 0. The lowest BCUT2D eigenvalue weighted by molar-refractivity contribution is 0.725. The van der Waals surface area contributed by atoms with Crippen LogP contribution in [0, 0.1) is 11.3 Å². The van der Waals surface area contributed by atoms with E-state index in [1.54, 1.807) is 0 Å². The Morgan fingerprint density at radius 3 is 2.33 bits per heavy atom. The van der Waals surface area contributed by atoms with Gasteiger partial charge < -0.3 is 4.90 Å². The number of para-hydroxylation sites is 1. The number of rotatable bonds is 1. The van der Waals surface area contributed by atoms with Crippen LogP contribution >= 0.6 is 0 Å². The van der Waals surface area contributed by atoms with E-state index in [1.807, 2.05) is 24.3 Å². The van der Waals surface area contributed by atoms with Gasteiger partial charge in [0.05, 0.1) is 11.6 Å². The SMILES string of the molecule is N#Cc1ccc(-c2ccc3c(c2)CC2Cc4ccccc4N32)cc1. The van der Waals surface area contributed by atoms with Crippen molar-refractivity contribution in [1.29, 1.82) is 5.26 Å². The largest absolute Gasteiger partial charge is 0.337 e. The first-order valence-corrected chi connectivity index (χ1v) is 8.34. The second-order valence-electron chi connectivity index (χ2n) is 6.59. The molecular formula is C22H16N2. The first kappa shape index (κ1) is 13.4. The summed E-state index contributed by atoms with van der Waals surface area (Å²) in [6, 6.07) is 26.1. The number of nitrogens with zero attached hydrogens (tertiary/aromatic N) is 2. The second kappa shape index (κ2) is 4.97. The Kier molecular flexibility index (Phi) is 2.78. The molecule has 24 heavy (non-hydrogen) atoms. The van der Waals surface area contributed by atoms with E-state index in [0.29, 0.717) is 11.6 Å². The normalized spacial score (nSPS) is 17.1. The van der Waals surface area contributed by atoms with Crippen LogP contribution in [0.1, 0.15) is 16.7 Å². The molecule has 0 N–H and O–H groups in total. The fourth-order valence-corrected chi connectivity index (χ4v) is 4.10. The van der Waals surface area contributed by atoms with Crippen molar-refractivity contribution in [1.82, 2.24) is 0 Å². The molecule has 0 spiro atoms. The smallest absolute Gasteiger partial charge is 0.0991 e. The molecule has 5 rings (SSSR count). The summed E-state index contributed by atoms with van der Waals surface area (Å²) in [4.78, 5) is 2.51. The Morgan fingerprint density at radius 1 is 0.792 bits per heavy atom. The Bertz CT molecular complexity index is 980. The molecular weight excluding hydrogens is 292 g/mol. The quantitative estimate of drug-likeness (QED) is 0.643. The predicted molar refractivity (Wildman–Crippen MR) is 96.4 cm³/mol. The third kappa shape index (κ3) is 1.88. The molecule has 2 aliphatic rings. The molecule has 3 aromatic rings. The zero-order valence-electron chi connectivity index (χ0n) is 13.2. The van der Waals surface area contributed by atoms with Gasteiger partial charge in [0.15, 0.2) is 0 Å². The fraction of sp³-hybridized carbons (Fsp3) is 0.136. The maximum atomic E-state index is 8.94. The summed E-state index contributed by atoms with van der Waals surface area (Å²) < 4.78 is 0. The summed E-state index contributed by atoms with van der Waals surface area (Å²) in [5.74, 6) is 0. The molecule has 2 heteroatoms. The second-order valence-corrected chi connectivity index (χ2v) is 6.59. The summed E-state index contributed by atoms with van der Waals surface area (Å²) in [7, 11) is 0. The molecule has 0 fully saturated rings. The summed E-state index contributed by atoms with van der Waals surface area (Å²) in [5.41, 5.74) is 8.71. The van der Waals surface area contributed by atoms with Crippen LogP contribution in [0.15, 0.2) is 66.7 Å². The number of fused-ring (bicyclic) bond motifs is 5. The van der Waals surface area contributed by atoms with Crippen molar-refractivity contribution >= 4 is 11.4 Å². The van der Waals surface area contributed by atoms with Crippen molar-refractivity contribution in [3.05, 3.63) is 83.4 Å². The van der Waals surface area contributed by atoms with E-state index >= 15 is 0 Å². The lowest BCUT2D eigenvalue weighted by Gasteiger charge is -2.20. The van der Waals surface area contributed by atoms with Gasteiger partial charge in [-0.3, -0.25) is 0 Å².